The van der Waals surface area contributed by atoms with Gasteiger partial charge < -0.3 is 10.1 Å². The van der Waals surface area contributed by atoms with E-state index < -0.39 is 29.2 Å². The first-order valence-corrected chi connectivity index (χ1v) is 6.56. The van der Waals surface area contributed by atoms with Crippen LogP contribution in [0.1, 0.15) is 29.8 Å². The van der Waals surface area contributed by atoms with Crippen LogP contribution >= 0.6 is 15.9 Å². The van der Waals surface area contributed by atoms with Gasteiger partial charge in [0.1, 0.15) is 5.54 Å². The Morgan fingerprint density at radius 1 is 1.24 bits per heavy atom. The smallest absolute Gasteiger partial charge is 0.416 e. The molecule has 0 aliphatic rings. The van der Waals surface area contributed by atoms with E-state index in [0.717, 1.165) is 19.2 Å². The average Bonchev–Trinajstić information content (AvgIpc) is 2.36. The molecule has 8 heteroatoms. The molecule has 0 spiro atoms. The number of methoxy groups -OCH3 is 1. The zero-order valence-electron chi connectivity index (χ0n) is 11.5. The van der Waals surface area contributed by atoms with Gasteiger partial charge in [-0.2, -0.15) is 13.2 Å². The molecule has 0 saturated heterocycles. The molecule has 0 aliphatic carbocycles. The predicted molar refractivity (Wildman–Crippen MR) is 72.7 cm³/mol. The molecule has 0 fully saturated rings. The van der Waals surface area contributed by atoms with Gasteiger partial charge in [0.15, 0.2) is 0 Å². The predicted octanol–water partition coefficient (Wildman–Crippen LogP) is 3.15. The second-order valence-corrected chi connectivity index (χ2v) is 5.62. The number of halogens is 4. The number of amides is 1. The SMILES string of the molecule is COC(=O)C(C)(C)NC(=O)c1cc(C(F)(F)F)ccc1Br. The molecule has 0 aliphatic heterocycles. The third-order valence-electron chi connectivity index (χ3n) is 2.66. The Labute approximate surface area is 127 Å². The van der Waals surface area contributed by atoms with Crippen molar-refractivity contribution in [3.8, 4) is 0 Å². The van der Waals surface area contributed by atoms with Crippen molar-refractivity contribution in [2.75, 3.05) is 7.11 Å². The first kappa shape index (κ1) is 17.5. The summed E-state index contributed by atoms with van der Waals surface area (Å²) in [5.41, 5.74) is -2.53. The van der Waals surface area contributed by atoms with Crippen molar-refractivity contribution in [1.29, 1.82) is 0 Å². The molecule has 1 amide bonds. The molecule has 0 atom stereocenters. The topological polar surface area (TPSA) is 55.4 Å². The van der Waals surface area contributed by atoms with Crippen molar-refractivity contribution in [2.24, 2.45) is 0 Å². The molecule has 4 nitrogen and oxygen atoms in total. The maximum Gasteiger partial charge on any atom is 0.416 e. The van der Waals surface area contributed by atoms with Gasteiger partial charge in [-0.3, -0.25) is 4.79 Å². The van der Waals surface area contributed by atoms with Crippen LogP contribution in [0.2, 0.25) is 0 Å². The van der Waals surface area contributed by atoms with Crippen molar-refractivity contribution in [1.82, 2.24) is 5.32 Å². The Morgan fingerprint density at radius 3 is 2.29 bits per heavy atom. The first-order valence-electron chi connectivity index (χ1n) is 5.76. The molecule has 0 bridgehead atoms. The standard InChI is InChI=1S/C13H13BrF3NO3/c1-12(2,11(20)21-3)18-10(19)8-6-7(13(15,16)17)4-5-9(8)14/h4-6H,1-3H3,(H,18,19). The molecule has 0 radical (unpaired) electrons. The maximum atomic E-state index is 12.7. The number of hydrogen-bond donors (Lipinski definition) is 1. The van der Waals surface area contributed by atoms with E-state index in [-0.39, 0.29) is 10.0 Å². The van der Waals surface area contributed by atoms with E-state index in [1.54, 1.807) is 0 Å². The van der Waals surface area contributed by atoms with Crippen LogP contribution in [0, 0.1) is 0 Å². The highest BCUT2D eigenvalue weighted by Crippen LogP contribution is 2.32. The van der Waals surface area contributed by atoms with Crippen LogP contribution in [0.4, 0.5) is 13.2 Å². The summed E-state index contributed by atoms with van der Waals surface area (Å²) in [7, 11) is 1.15. The van der Waals surface area contributed by atoms with Crippen molar-refractivity contribution in [2.45, 2.75) is 25.6 Å². The van der Waals surface area contributed by atoms with Crippen LogP contribution in [0.5, 0.6) is 0 Å². The third-order valence-corrected chi connectivity index (χ3v) is 3.35. The number of alkyl halides is 3. The van der Waals surface area contributed by atoms with Gasteiger partial charge >= 0.3 is 12.1 Å². The molecule has 1 rings (SSSR count). The van der Waals surface area contributed by atoms with Gasteiger partial charge in [0.25, 0.3) is 5.91 Å². The average molecular weight is 368 g/mol. The Bertz CT molecular complexity index is 570. The molecule has 0 aromatic heterocycles. The van der Waals surface area contributed by atoms with Gasteiger partial charge in [0, 0.05) is 4.47 Å². The van der Waals surface area contributed by atoms with Crippen LogP contribution in [-0.2, 0) is 15.7 Å². The summed E-state index contributed by atoms with van der Waals surface area (Å²) in [5, 5.41) is 2.33. The van der Waals surface area contributed by atoms with Crippen LogP contribution in [0.3, 0.4) is 0 Å². The monoisotopic (exact) mass is 367 g/mol. The fourth-order valence-electron chi connectivity index (χ4n) is 1.53. The Hall–Kier alpha value is -1.57. The highest BCUT2D eigenvalue weighted by atomic mass is 79.9. The lowest BCUT2D eigenvalue weighted by Gasteiger charge is -2.23. The van der Waals surface area contributed by atoms with Gasteiger partial charge in [-0.25, -0.2) is 4.79 Å². The molecule has 21 heavy (non-hydrogen) atoms. The number of benzene rings is 1. The van der Waals surface area contributed by atoms with Gasteiger partial charge in [-0.1, -0.05) is 0 Å². The summed E-state index contributed by atoms with van der Waals surface area (Å²) >= 11 is 3.02. The Morgan fingerprint density at radius 2 is 1.81 bits per heavy atom. The minimum Gasteiger partial charge on any atom is -0.467 e. The molecule has 0 heterocycles. The molecule has 1 aromatic rings. The highest BCUT2D eigenvalue weighted by Gasteiger charge is 2.34. The molecule has 116 valence electrons. The van der Waals surface area contributed by atoms with E-state index in [9.17, 15) is 22.8 Å². The van der Waals surface area contributed by atoms with Crippen LogP contribution in [0.25, 0.3) is 0 Å². The lowest BCUT2D eigenvalue weighted by Crippen LogP contribution is -2.50. The Balaban J connectivity index is 3.11. The fourth-order valence-corrected chi connectivity index (χ4v) is 1.96. The van der Waals surface area contributed by atoms with E-state index in [2.05, 4.69) is 26.0 Å². The summed E-state index contributed by atoms with van der Waals surface area (Å²) < 4.78 is 42.7. The minimum absolute atomic E-state index is 0.189. The second kappa shape index (κ2) is 6.05. The Kier molecular flexibility index (Phi) is 5.03. The van der Waals surface area contributed by atoms with Crippen LogP contribution < -0.4 is 5.32 Å². The summed E-state index contributed by atoms with van der Waals surface area (Å²) in [5.74, 6) is -1.53. The number of ether oxygens (including phenoxy) is 1. The minimum atomic E-state index is -4.56. The normalized spacial score (nSPS) is 12.0. The summed E-state index contributed by atoms with van der Waals surface area (Å²) in [4.78, 5) is 23.5. The lowest BCUT2D eigenvalue weighted by atomic mass is 10.0. The number of carbonyl (C=O) groups excluding carboxylic acids is 2. The van der Waals surface area contributed by atoms with Crippen molar-refractivity contribution in [3.63, 3.8) is 0 Å². The number of esters is 1. The molecular weight excluding hydrogens is 355 g/mol. The van der Waals surface area contributed by atoms with Gasteiger partial charge in [0.05, 0.1) is 18.2 Å². The lowest BCUT2D eigenvalue weighted by molar-refractivity contribution is -0.146. The van der Waals surface area contributed by atoms with E-state index in [4.69, 9.17) is 0 Å². The highest BCUT2D eigenvalue weighted by molar-refractivity contribution is 9.10. The van der Waals surface area contributed by atoms with Crippen LogP contribution in [0.15, 0.2) is 22.7 Å². The van der Waals surface area contributed by atoms with Crippen LogP contribution in [-0.4, -0.2) is 24.5 Å². The largest absolute Gasteiger partial charge is 0.467 e. The number of rotatable bonds is 3. The maximum absolute atomic E-state index is 12.7. The van der Waals surface area contributed by atoms with Crippen molar-refractivity contribution in [3.05, 3.63) is 33.8 Å². The van der Waals surface area contributed by atoms with E-state index in [1.165, 1.54) is 13.8 Å². The van der Waals surface area contributed by atoms with Gasteiger partial charge in [-0.15, -0.1) is 0 Å². The molecular formula is C13H13BrF3NO3. The fraction of sp³-hybridized carbons (Fsp3) is 0.385. The molecule has 1 aromatic carbocycles. The number of hydrogen-bond acceptors (Lipinski definition) is 3. The summed E-state index contributed by atoms with van der Waals surface area (Å²) in [6.07, 6.45) is -4.56. The zero-order chi connectivity index (χ0) is 16.4. The zero-order valence-corrected chi connectivity index (χ0v) is 13.1. The quantitative estimate of drug-likeness (QED) is 0.835. The first-order chi connectivity index (χ1) is 9.49. The van der Waals surface area contributed by atoms with E-state index >= 15 is 0 Å². The molecule has 0 saturated carbocycles. The van der Waals surface area contributed by atoms with Gasteiger partial charge in [-0.05, 0) is 48.0 Å². The van der Waals surface area contributed by atoms with E-state index in [0.29, 0.717) is 6.07 Å². The van der Waals surface area contributed by atoms with Gasteiger partial charge in [0.2, 0.25) is 0 Å². The molecule has 1 N–H and O–H groups in total. The molecule has 0 unspecified atom stereocenters. The summed E-state index contributed by atoms with van der Waals surface area (Å²) in [6, 6.07) is 2.70. The summed E-state index contributed by atoms with van der Waals surface area (Å²) in [6.45, 7) is 2.77. The van der Waals surface area contributed by atoms with Crippen molar-refractivity contribution >= 4 is 27.8 Å². The van der Waals surface area contributed by atoms with E-state index in [1.807, 2.05) is 0 Å². The second-order valence-electron chi connectivity index (χ2n) is 4.76. The number of carbonyl (C=O) groups is 2. The van der Waals surface area contributed by atoms with Crippen molar-refractivity contribution < 1.29 is 27.5 Å². The third kappa shape index (κ3) is 4.20. The number of nitrogens with one attached hydrogen (secondary N) is 1.